The lowest BCUT2D eigenvalue weighted by Gasteiger charge is -2.12. The average Bonchev–Trinajstić information content (AvgIpc) is 2.45. The Bertz CT molecular complexity index is 736. The van der Waals surface area contributed by atoms with E-state index >= 15 is 0 Å². The van der Waals surface area contributed by atoms with Crippen LogP contribution in [0.3, 0.4) is 0 Å². The monoisotopic (exact) mass is 293 g/mol. The number of ether oxygens (including phenoxy) is 2. The van der Waals surface area contributed by atoms with Crippen LogP contribution < -0.4 is 20.8 Å². The Morgan fingerprint density at radius 3 is 2.48 bits per heavy atom. The molecule has 0 aliphatic carbocycles. The molecule has 0 spiro atoms. The quantitative estimate of drug-likeness (QED) is 0.783. The molecule has 112 valence electrons. The normalized spacial score (nSPS) is 12.1. The zero-order valence-corrected chi connectivity index (χ0v) is 11.6. The first kappa shape index (κ1) is 14.9. The fourth-order valence-electron chi connectivity index (χ4n) is 2.05. The number of carbonyl (C=O) groups is 1. The molecule has 1 aromatic carbocycles. The summed E-state index contributed by atoms with van der Waals surface area (Å²) in [6.07, 6.45) is 0.00686. The van der Waals surface area contributed by atoms with Gasteiger partial charge in [0.1, 0.15) is 11.6 Å². The summed E-state index contributed by atoms with van der Waals surface area (Å²) in [6, 6.07) is 3.27. The molecule has 7 nitrogen and oxygen atoms in total. The van der Waals surface area contributed by atoms with E-state index in [1.807, 2.05) is 0 Å². The van der Waals surface area contributed by atoms with Crippen LogP contribution in [0.1, 0.15) is 5.56 Å². The Hall–Kier alpha value is -2.54. The second kappa shape index (κ2) is 5.84. The van der Waals surface area contributed by atoms with Gasteiger partial charge >= 0.3 is 11.6 Å². The highest BCUT2D eigenvalue weighted by atomic mass is 16.5. The van der Waals surface area contributed by atoms with Crippen molar-refractivity contribution >= 4 is 16.9 Å². The van der Waals surface area contributed by atoms with E-state index < -0.39 is 17.6 Å². The summed E-state index contributed by atoms with van der Waals surface area (Å²) < 4.78 is 15.4. The topological polar surface area (TPSA) is 112 Å². The van der Waals surface area contributed by atoms with Gasteiger partial charge < -0.3 is 24.7 Å². The highest BCUT2D eigenvalue weighted by molar-refractivity contribution is 5.85. The molecule has 0 aliphatic heterocycles. The van der Waals surface area contributed by atoms with Crippen molar-refractivity contribution in [3.05, 3.63) is 34.2 Å². The van der Waals surface area contributed by atoms with E-state index in [1.54, 1.807) is 6.07 Å². The lowest BCUT2D eigenvalue weighted by Crippen LogP contribution is -2.32. The van der Waals surface area contributed by atoms with Crippen molar-refractivity contribution < 1.29 is 23.8 Å². The molecule has 2 aromatic rings. The van der Waals surface area contributed by atoms with Gasteiger partial charge in [-0.05, 0) is 18.1 Å². The summed E-state index contributed by atoms with van der Waals surface area (Å²) in [6.45, 7) is 0. The highest BCUT2D eigenvalue weighted by Crippen LogP contribution is 2.33. The smallest absolute Gasteiger partial charge is 0.336 e. The zero-order valence-electron chi connectivity index (χ0n) is 11.6. The summed E-state index contributed by atoms with van der Waals surface area (Å²) in [7, 11) is 2.94. The van der Waals surface area contributed by atoms with E-state index in [-0.39, 0.29) is 12.0 Å². The van der Waals surface area contributed by atoms with Gasteiger partial charge in [0.25, 0.3) is 0 Å². The summed E-state index contributed by atoms with van der Waals surface area (Å²) in [5.74, 6) is -0.284. The van der Waals surface area contributed by atoms with E-state index in [0.717, 1.165) is 0 Å². The Labute approximate surface area is 119 Å². The largest absolute Gasteiger partial charge is 0.493 e. The van der Waals surface area contributed by atoms with E-state index in [0.29, 0.717) is 22.4 Å². The Morgan fingerprint density at radius 2 is 1.90 bits per heavy atom. The fraction of sp³-hybridized carbons (Fsp3) is 0.286. The van der Waals surface area contributed by atoms with Crippen LogP contribution in [0.2, 0.25) is 0 Å². The predicted molar refractivity (Wildman–Crippen MR) is 74.9 cm³/mol. The molecule has 1 atom stereocenters. The SMILES string of the molecule is COc1cc2oc(=O)cc(C[C@H](N)C(=O)O)c2cc1OC. The Balaban J connectivity index is 2.64. The Kier molecular flexibility index (Phi) is 4.13. The molecular formula is C14H15NO6. The number of aliphatic carboxylic acids is 1. The summed E-state index contributed by atoms with van der Waals surface area (Å²) in [4.78, 5) is 22.5. The Morgan fingerprint density at radius 1 is 1.29 bits per heavy atom. The zero-order chi connectivity index (χ0) is 15.6. The van der Waals surface area contributed by atoms with Gasteiger partial charge in [0.2, 0.25) is 0 Å². The van der Waals surface area contributed by atoms with Crippen LogP contribution in [0, 0.1) is 0 Å². The van der Waals surface area contributed by atoms with E-state index in [4.69, 9.17) is 24.7 Å². The van der Waals surface area contributed by atoms with Gasteiger partial charge in [-0.15, -0.1) is 0 Å². The fourth-order valence-corrected chi connectivity index (χ4v) is 2.05. The van der Waals surface area contributed by atoms with Crippen molar-refractivity contribution in [2.45, 2.75) is 12.5 Å². The summed E-state index contributed by atoms with van der Waals surface area (Å²) in [5, 5.41) is 9.46. The number of hydrogen-bond acceptors (Lipinski definition) is 6. The predicted octanol–water partition coefficient (Wildman–Crippen LogP) is 0.765. The number of benzene rings is 1. The van der Waals surface area contributed by atoms with Crippen molar-refractivity contribution in [1.29, 1.82) is 0 Å². The van der Waals surface area contributed by atoms with Gasteiger partial charge in [-0.25, -0.2) is 4.79 Å². The standard InChI is InChI=1S/C14H15NO6/c1-19-11-5-8-7(3-9(15)14(17)18)4-13(16)21-10(8)6-12(11)20-2/h4-6,9H,3,15H2,1-2H3,(H,17,18)/t9-/m0/s1. The van der Waals surface area contributed by atoms with Crippen LogP contribution in [0.25, 0.3) is 11.0 Å². The molecule has 0 saturated carbocycles. The molecular weight excluding hydrogens is 278 g/mol. The average molecular weight is 293 g/mol. The molecule has 0 radical (unpaired) electrons. The lowest BCUT2D eigenvalue weighted by molar-refractivity contribution is -0.138. The van der Waals surface area contributed by atoms with Gasteiger partial charge in [-0.2, -0.15) is 0 Å². The number of carboxylic acid groups (broad SMARTS) is 1. The van der Waals surface area contributed by atoms with Crippen molar-refractivity contribution in [3.8, 4) is 11.5 Å². The first-order chi connectivity index (χ1) is 9.96. The maximum Gasteiger partial charge on any atom is 0.336 e. The lowest BCUT2D eigenvalue weighted by atomic mass is 10.0. The molecule has 0 unspecified atom stereocenters. The molecule has 3 N–H and O–H groups in total. The van der Waals surface area contributed by atoms with Crippen LogP contribution >= 0.6 is 0 Å². The van der Waals surface area contributed by atoms with E-state index in [1.165, 1.54) is 26.4 Å². The van der Waals surface area contributed by atoms with Crippen molar-refractivity contribution in [3.63, 3.8) is 0 Å². The summed E-state index contributed by atoms with van der Waals surface area (Å²) in [5.41, 5.74) is 5.72. The minimum atomic E-state index is -1.14. The van der Waals surface area contributed by atoms with E-state index in [2.05, 4.69) is 0 Å². The molecule has 1 heterocycles. The van der Waals surface area contributed by atoms with E-state index in [9.17, 15) is 9.59 Å². The molecule has 1 aromatic heterocycles. The number of nitrogens with two attached hydrogens (primary N) is 1. The molecule has 0 aliphatic rings. The first-order valence-corrected chi connectivity index (χ1v) is 6.13. The second-order valence-electron chi connectivity index (χ2n) is 4.44. The molecule has 2 rings (SSSR count). The summed E-state index contributed by atoms with van der Waals surface area (Å²) >= 11 is 0. The minimum absolute atomic E-state index is 0.00686. The molecule has 0 bridgehead atoms. The number of carboxylic acids is 1. The highest BCUT2D eigenvalue weighted by Gasteiger charge is 2.17. The maximum absolute atomic E-state index is 11.6. The molecule has 7 heteroatoms. The van der Waals surface area contributed by atoms with Gasteiger partial charge in [0.05, 0.1) is 14.2 Å². The van der Waals surface area contributed by atoms with Gasteiger partial charge in [0, 0.05) is 17.5 Å². The molecule has 0 saturated heterocycles. The second-order valence-corrected chi connectivity index (χ2v) is 4.44. The number of methoxy groups -OCH3 is 2. The number of hydrogen-bond donors (Lipinski definition) is 2. The van der Waals surface area contributed by atoms with Crippen LogP contribution in [0.15, 0.2) is 27.4 Å². The maximum atomic E-state index is 11.6. The van der Waals surface area contributed by atoms with Crippen molar-refractivity contribution in [1.82, 2.24) is 0 Å². The minimum Gasteiger partial charge on any atom is -0.493 e. The van der Waals surface area contributed by atoms with Gasteiger partial charge in [-0.3, -0.25) is 4.79 Å². The third kappa shape index (κ3) is 2.97. The molecule has 0 fully saturated rings. The van der Waals surface area contributed by atoms with Crippen LogP contribution in [-0.2, 0) is 11.2 Å². The van der Waals surface area contributed by atoms with Gasteiger partial charge in [-0.1, -0.05) is 0 Å². The third-order valence-electron chi connectivity index (χ3n) is 3.09. The van der Waals surface area contributed by atoms with Crippen molar-refractivity contribution in [2.24, 2.45) is 5.73 Å². The molecule has 21 heavy (non-hydrogen) atoms. The molecule has 0 amide bonds. The van der Waals surface area contributed by atoms with Gasteiger partial charge in [0.15, 0.2) is 11.5 Å². The van der Waals surface area contributed by atoms with Crippen molar-refractivity contribution in [2.75, 3.05) is 14.2 Å². The third-order valence-corrected chi connectivity index (χ3v) is 3.09. The first-order valence-electron chi connectivity index (χ1n) is 6.13. The number of rotatable bonds is 5. The number of fused-ring (bicyclic) bond motifs is 1. The van der Waals surface area contributed by atoms with Crippen LogP contribution in [-0.4, -0.2) is 31.3 Å². The van der Waals surface area contributed by atoms with Crippen LogP contribution in [0.4, 0.5) is 0 Å². The van der Waals surface area contributed by atoms with Crippen LogP contribution in [0.5, 0.6) is 11.5 Å².